The smallest absolute Gasteiger partial charge is 0.251 e. The molecule has 6 nitrogen and oxygen atoms in total. The van der Waals surface area contributed by atoms with Crippen LogP contribution in [-0.2, 0) is 4.79 Å². The first kappa shape index (κ1) is 19.4. The van der Waals surface area contributed by atoms with E-state index in [2.05, 4.69) is 41.3 Å². The van der Waals surface area contributed by atoms with Crippen molar-refractivity contribution in [3.8, 4) is 0 Å². The molecule has 0 radical (unpaired) electrons. The first-order valence-corrected chi connectivity index (χ1v) is 8.28. The highest BCUT2D eigenvalue weighted by Crippen LogP contribution is 2.15. The summed E-state index contributed by atoms with van der Waals surface area (Å²) in [7, 11) is 0. The van der Waals surface area contributed by atoms with Crippen LogP contribution in [0.1, 0.15) is 44.5 Å². The van der Waals surface area contributed by atoms with Gasteiger partial charge in [0.2, 0.25) is 5.91 Å². The quantitative estimate of drug-likeness (QED) is 0.713. The van der Waals surface area contributed by atoms with Crippen LogP contribution in [0, 0.1) is 0 Å². The molecular formula is C16H25ClN4O2. The summed E-state index contributed by atoms with van der Waals surface area (Å²) in [5, 5.41) is 5.66. The van der Waals surface area contributed by atoms with Crippen molar-refractivity contribution < 1.29 is 9.59 Å². The lowest BCUT2D eigenvalue weighted by atomic mass is 10.2. The summed E-state index contributed by atoms with van der Waals surface area (Å²) in [5.41, 5.74) is 0.378. The van der Waals surface area contributed by atoms with E-state index in [9.17, 15) is 9.59 Å². The van der Waals surface area contributed by atoms with E-state index in [1.165, 1.54) is 12.1 Å². The summed E-state index contributed by atoms with van der Waals surface area (Å²) >= 11 is 5.93. The van der Waals surface area contributed by atoms with Gasteiger partial charge in [0.15, 0.2) is 0 Å². The van der Waals surface area contributed by atoms with E-state index in [0.29, 0.717) is 18.5 Å². The number of aromatic nitrogens is 1. The maximum absolute atomic E-state index is 12.3. The van der Waals surface area contributed by atoms with Gasteiger partial charge < -0.3 is 10.6 Å². The standard InChI is InChI=1S/C16H25ClN4O2/c1-5-15(22)20-14-9-12(8-13(17)19-14)16(23)18-10-11(4)21(6-2)7-3/h8-9,11H,5-7,10H2,1-4H3,(H,18,23)(H,19,20,22)/t11-/m0/s1. The van der Waals surface area contributed by atoms with Crippen molar-refractivity contribution in [2.75, 3.05) is 25.0 Å². The van der Waals surface area contributed by atoms with Crippen LogP contribution in [0.2, 0.25) is 5.15 Å². The van der Waals surface area contributed by atoms with E-state index in [4.69, 9.17) is 11.6 Å². The molecule has 2 amide bonds. The van der Waals surface area contributed by atoms with Crippen LogP contribution in [0.15, 0.2) is 12.1 Å². The highest BCUT2D eigenvalue weighted by molar-refractivity contribution is 6.30. The van der Waals surface area contributed by atoms with Crippen LogP contribution < -0.4 is 10.6 Å². The number of nitrogens with zero attached hydrogens (tertiary/aromatic N) is 2. The Morgan fingerprint density at radius 1 is 1.26 bits per heavy atom. The maximum atomic E-state index is 12.3. The lowest BCUT2D eigenvalue weighted by Gasteiger charge is -2.26. The third-order valence-electron chi connectivity index (χ3n) is 3.64. The van der Waals surface area contributed by atoms with Gasteiger partial charge in [-0.3, -0.25) is 14.5 Å². The molecule has 1 aromatic heterocycles. The number of carbonyl (C=O) groups excluding carboxylic acids is 2. The van der Waals surface area contributed by atoms with E-state index in [0.717, 1.165) is 13.1 Å². The zero-order chi connectivity index (χ0) is 17.4. The van der Waals surface area contributed by atoms with Crippen LogP contribution >= 0.6 is 11.6 Å². The van der Waals surface area contributed by atoms with Crippen molar-refractivity contribution in [3.05, 3.63) is 22.8 Å². The van der Waals surface area contributed by atoms with Crippen molar-refractivity contribution in [2.45, 2.75) is 40.2 Å². The van der Waals surface area contributed by atoms with Crippen LogP contribution in [-0.4, -0.2) is 47.4 Å². The fraction of sp³-hybridized carbons (Fsp3) is 0.562. The Morgan fingerprint density at radius 3 is 2.48 bits per heavy atom. The number of hydrogen-bond donors (Lipinski definition) is 2. The summed E-state index contributed by atoms with van der Waals surface area (Å²) < 4.78 is 0. The van der Waals surface area contributed by atoms with Gasteiger partial charge in [-0.25, -0.2) is 4.98 Å². The molecule has 0 aliphatic rings. The van der Waals surface area contributed by atoms with Crippen LogP contribution in [0.25, 0.3) is 0 Å². The highest BCUT2D eigenvalue weighted by atomic mass is 35.5. The molecule has 7 heteroatoms. The fourth-order valence-electron chi connectivity index (χ4n) is 2.24. The Kier molecular flexibility index (Phi) is 7.98. The van der Waals surface area contributed by atoms with E-state index in [-0.39, 0.29) is 28.8 Å². The minimum Gasteiger partial charge on any atom is -0.350 e. The summed E-state index contributed by atoms with van der Waals surface area (Å²) in [6, 6.07) is 3.25. The van der Waals surface area contributed by atoms with Crippen molar-refractivity contribution in [2.24, 2.45) is 0 Å². The number of carbonyl (C=O) groups is 2. The Labute approximate surface area is 142 Å². The Morgan fingerprint density at radius 2 is 1.91 bits per heavy atom. The molecule has 0 saturated heterocycles. The SMILES string of the molecule is CCC(=O)Nc1cc(C(=O)NC[C@H](C)N(CC)CC)cc(Cl)n1. The second-order valence-corrected chi connectivity index (χ2v) is 5.63. The average Bonchev–Trinajstić information content (AvgIpc) is 2.52. The molecule has 1 rings (SSSR count). The highest BCUT2D eigenvalue weighted by Gasteiger charge is 2.14. The molecule has 1 heterocycles. The van der Waals surface area contributed by atoms with Gasteiger partial charge in [0.05, 0.1) is 0 Å². The zero-order valence-electron chi connectivity index (χ0n) is 14.1. The third-order valence-corrected chi connectivity index (χ3v) is 3.83. The number of likely N-dealkylation sites (N-methyl/N-ethyl adjacent to an activating group) is 1. The molecular weight excluding hydrogens is 316 g/mol. The van der Waals surface area contributed by atoms with E-state index >= 15 is 0 Å². The third kappa shape index (κ3) is 6.15. The topological polar surface area (TPSA) is 74.3 Å². The second-order valence-electron chi connectivity index (χ2n) is 5.25. The lowest BCUT2D eigenvalue weighted by molar-refractivity contribution is -0.115. The molecule has 1 atom stereocenters. The van der Waals surface area contributed by atoms with Crippen molar-refractivity contribution >= 4 is 29.2 Å². The van der Waals surface area contributed by atoms with Crippen molar-refractivity contribution in [1.29, 1.82) is 0 Å². The van der Waals surface area contributed by atoms with Crippen LogP contribution in [0.4, 0.5) is 5.82 Å². The maximum Gasteiger partial charge on any atom is 0.251 e. The number of anilines is 1. The fourth-order valence-corrected chi connectivity index (χ4v) is 2.45. The van der Waals surface area contributed by atoms with Crippen molar-refractivity contribution in [1.82, 2.24) is 15.2 Å². The van der Waals surface area contributed by atoms with E-state index in [1.54, 1.807) is 6.92 Å². The molecule has 0 bridgehead atoms. The van der Waals surface area contributed by atoms with Crippen LogP contribution in [0.3, 0.4) is 0 Å². The van der Waals surface area contributed by atoms with Gasteiger partial charge in [-0.05, 0) is 32.1 Å². The van der Waals surface area contributed by atoms with E-state index < -0.39 is 0 Å². The van der Waals surface area contributed by atoms with E-state index in [1.807, 2.05) is 0 Å². The number of halogens is 1. The predicted octanol–water partition coefficient (Wildman–Crippen LogP) is 2.54. The molecule has 0 aromatic carbocycles. The van der Waals surface area contributed by atoms with Gasteiger partial charge >= 0.3 is 0 Å². The molecule has 0 aliphatic carbocycles. The molecule has 0 aliphatic heterocycles. The van der Waals surface area contributed by atoms with Gasteiger partial charge in [0.25, 0.3) is 5.91 Å². The number of nitrogens with one attached hydrogen (secondary N) is 2. The number of hydrogen-bond acceptors (Lipinski definition) is 4. The van der Waals surface area contributed by atoms with Gasteiger partial charge in [0, 0.05) is 24.6 Å². The van der Waals surface area contributed by atoms with Gasteiger partial charge in [-0.1, -0.05) is 32.4 Å². The molecule has 2 N–H and O–H groups in total. The number of pyridine rings is 1. The van der Waals surface area contributed by atoms with Gasteiger partial charge in [-0.2, -0.15) is 0 Å². The molecule has 0 unspecified atom stereocenters. The van der Waals surface area contributed by atoms with Gasteiger partial charge in [0.1, 0.15) is 11.0 Å². The normalized spacial score (nSPS) is 12.1. The molecule has 23 heavy (non-hydrogen) atoms. The molecule has 0 fully saturated rings. The predicted molar refractivity (Wildman–Crippen MR) is 92.9 cm³/mol. The minimum atomic E-state index is -0.236. The zero-order valence-corrected chi connectivity index (χ0v) is 14.9. The number of rotatable bonds is 8. The Hall–Kier alpha value is -1.66. The lowest BCUT2D eigenvalue weighted by Crippen LogP contribution is -2.42. The Balaban J connectivity index is 2.74. The molecule has 1 aromatic rings. The summed E-state index contributed by atoms with van der Waals surface area (Å²) in [6.45, 7) is 10.4. The second kappa shape index (κ2) is 9.47. The number of amides is 2. The van der Waals surface area contributed by atoms with Crippen LogP contribution in [0.5, 0.6) is 0 Å². The molecule has 0 spiro atoms. The first-order chi connectivity index (χ1) is 10.9. The Bertz CT molecular complexity index is 547. The first-order valence-electron chi connectivity index (χ1n) is 7.90. The summed E-state index contributed by atoms with van der Waals surface area (Å²) in [6.07, 6.45) is 0.330. The minimum absolute atomic E-state index is 0.167. The van der Waals surface area contributed by atoms with Crippen molar-refractivity contribution in [3.63, 3.8) is 0 Å². The summed E-state index contributed by atoms with van der Waals surface area (Å²) in [4.78, 5) is 30.0. The summed E-state index contributed by atoms with van der Waals surface area (Å²) in [5.74, 6) is -0.132. The average molecular weight is 341 g/mol. The van der Waals surface area contributed by atoms with Gasteiger partial charge in [-0.15, -0.1) is 0 Å². The molecule has 128 valence electrons. The molecule has 0 saturated carbocycles. The monoisotopic (exact) mass is 340 g/mol. The largest absolute Gasteiger partial charge is 0.350 e.